The number of methoxy groups -OCH3 is 2. The van der Waals surface area contributed by atoms with Gasteiger partial charge in [-0.15, -0.1) is 0 Å². The number of benzene rings is 2. The van der Waals surface area contributed by atoms with Gasteiger partial charge in [0, 0.05) is 19.2 Å². The Hall–Kier alpha value is -3.38. The van der Waals surface area contributed by atoms with E-state index in [1.165, 1.54) is 0 Å². The van der Waals surface area contributed by atoms with E-state index in [4.69, 9.17) is 14.6 Å². The first-order chi connectivity index (χ1) is 23.9. The SMILES string of the molecule is COc1cccc(OC)c1-c1cc(C(=O)NC2(C(=O)[O-])C3CC4CC(C3)CC2C4)nn1-c1ccc(C(=O)N(C)CCCN(C)C)cc1C(C)C.[Na+]. The fourth-order valence-electron chi connectivity index (χ4n) is 9.01. The summed E-state index contributed by atoms with van der Waals surface area (Å²) in [6.07, 6.45) is 5.14. The maximum Gasteiger partial charge on any atom is 1.00 e. The molecule has 51 heavy (non-hydrogen) atoms. The number of aliphatic carboxylic acids is 1. The summed E-state index contributed by atoms with van der Waals surface area (Å²) < 4.78 is 13.2. The molecule has 0 saturated heterocycles. The number of nitrogens with one attached hydrogen (secondary N) is 1. The van der Waals surface area contributed by atoms with Crippen molar-refractivity contribution in [1.82, 2.24) is 24.9 Å². The number of carbonyl (C=O) groups excluding carboxylic acids is 3. The van der Waals surface area contributed by atoms with Gasteiger partial charge >= 0.3 is 29.6 Å². The van der Waals surface area contributed by atoms with Crippen LogP contribution >= 0.6 is 0 Å². The average molecular weight is 708 g/mol. The number of amides is 2. The van der Waals surface area contributed by atoms with Gasteiger partial charge < -0.3 is 34.5 Å². The van der Waals surface area contributed by atoms with Gasteiger partial charge in [-0.3, -0.25) is 9.59 Å². The van der Waals surface area contributed by atoms with Crippen molar-refractivity contribution >= 4 is 17.8 Å². The summed E-state index contributed by atoms with van der Waals surface area (Å²) in [6.45, 7) is 5.60. The molecule has 0 unspecified atom stereocenters. The number of carboxylic acids is 1. The number of hydrogen-bond donors (Lipinski definition) is 1. The summed E-state index contributed by atoms with van der Waals surface area (Å²) in [5.74, 6) is -0.144. The Kier molecular flexibility index (Phi) is 12.0. The van der Waals surface area contributed by atoms with Gasteiger partial charge in [-0.2, -0.15) is 5.10 Å². The second-order valence-electron chi connectivity index (χ2n) is 15.1. The minimum atomic E-state index is -1.43. The van der Waals surface area contributed by atoms with Crippen LogP contribution in [0.2, 0.25) is 0 Å². The number of nitrogens with zero attached hydrogens (tertiary/aromatic N) is 4. The zero-order valence-electron chi connectivity index (χ0n) is 31.3. The van der Waals surface area contributed by atoms with Gasteiger partial charge in [0.1, 0.15) is 11.5 Å². The van der Waals surface area contributed by atoms with E-state index in [9.17, 15) is 19.5 Å². The third-order valence-electron chi connectivity index (χ3n) is 11.3. The molecule has 4 fully saturated rings. The number of aromatic nitrogens is 2. The van der Waals surface area contributed by atoms with Crippen LogP contribution in [-0.4, -0.2) is 91.4 Å². The molecule has 7 rings (SSSR count). The molecule has 0 atom stereocenters. The molecule has 2 amide bonds. The predicted molar refractivity (Wildman–Crippen MR) is 189 cm³/mol. The van der Waals surface area contributed by atoms with Crippen LogP contribution in [0.3, 0.4) is 0 Å². The predicted octanol–water partition coefficient (Wildman–Crippen LogP) is 1.38. The molecule has 4 bridgehead atoms. The maximum atomic E-state index is 14.3. The van der Waals surface area contributed by atoms with Crippen molar-refractivity contribution in [3.63, 3.8) is 0 Å². The Morgan fingerprint density at radius 1 is 0.941 bits per heavy atom. The van der Waals surface area contributed by atoms with Gasteiger partial charge in [-0.25, -0.2) is 4.68 Å². The standard InChI is InChI=1S/C39H51N5O6.Na/c1-23(2)29-21-26(37(46)43(5)15-9-14-42(3)4)12-13-31(29)44-32(35-33(49-6)10-8-11-34(35)50-7)22-30(41-44)36(45)40-39(38(47)48)27-17-24-16-25(19-27)20-28(39)18-24;/h8,10-13,21-25,27-28H,9,14-20H2,1-7H3,(H,40,45)(H,47,48);/q;+1/p-1. The topological polar surface area (TPSA) is 129 Å². The fourth-order valence-corrected chi connectivity index (χ4v) is 9.01. The van der Waals surface area contributed by atoms with E-state index in [-0.39, 0.29) is 58.9 Å². The quantitative estimate of drug-likeness (QED) is 0.264. The van der Waals surface area contributed by atoms with Gasteiger partial charge in [-0.1, -0.05) is 19.9 Å². The molecule has 1 heterocycles. The Morgan fingerprint density at radius 2 is 1.55 bits per heavy atom. The van der Waals surface area contributed by atoms with Crippen molar-refractivity contribution in [1.29, 1.82) is 0 Å². The molecule has 0 spiro atoms. The van der Waals surface area contributed by atoms with Gasteiger partial charge in [0.25, 0.3) is 11.8 Å². The van der Waals surface area contributed by atoms with Crippen LogP contribution in [0.15, 0.2) is 42.5 Å². The van der Waals surface area contributed by atoms with Gasteiger partial charge in [0.2, 0.25) is 0 Å². The fraction of sp³-hybridized carbons (Fsp3) is 0.538. The third-order valence-corrected chi connectivity index (χ3v) is 11.3. The molecule has 1 aromatic heterocycles. The van der Waals surface area contributed by atoms with Crippen LogP contribution in [-0.2, 0) is 4.79 Å². The molecule has 2 aromatic carbocycles. The first-order valence-electron chi connectivity index (χ1n) is 17.8. The van der Waals surface area contributed by atoms with E-state index < -0.39 is 17.4 Å². The van der Waals surface area contributed by atoms with Gasteiger partial charge in [-0.05, 0) is 131 Å². The van der Waals surface area contributed by atoms with Crippen molar-refractivity contribution in [2.45, 2.75) is 63.8 Å². The van der Waals surface area contributed by atoms with Crippen molar-refractivity contribution in [3.8, 4) is 28.4 Å². The summed E-state index contributed by atoms with van der Waals surface area (Å²) in [6, 6.07) is 12.6. The second-order valence-corrected chi connectivity index (χ2v) is 15.1. The normalized spacial score (nSPS) is 23.2. The molecule has 1 N–H and O–H groups in total. The number of ether oxygens (including phenoxy) is 2. The molecular formula is C39H50N5NaO6. The van der Waals surface area contributed by atoms with E-state index in [0.717, 1.165) is 50.6 Å². The molecule has 4 aliphatic carbocycles. The van der Waals surface area contributed by atoms with Crippen LogP contribution in [0.5, 0.6) is 11.5 Å². The maximum absolute atomic E-state index is 14.3. The molecule has 11 nitrogen and oxygen atoms in total. The number of rotatable bonds is 13. The Morgan fingerprint density at radius 3 is 2.08 bits per heavy atom. The van der Waals surface area contributed by atoms with Crippen LogP contribution in [0.1, 0.15) is 84.7 Å². The molecule has 0 radical (unpaired) electrons. The van der Waals surface area contributed by atoms with Gasteiger partial charge in [0.15, 0.2) is 5.69 Å². The van der Waals surface area contributed by atoms with E-state index in [0.29, 0.717) is 52.4 Å². The van der Waals surface area contributed by atoms with Crippen LogP contribution in [0, 0.1) is 23.7 Å². The van der Waals surface area contributed by atoms with E-state index in [1.807, 2.05) is 65.3 Å². The molecule has 268 valence electrons. The molecular weight excluding hydrogens is 657 g/mol. The molecule has 4 aliphatic rings. The summed E-state index contributed by atoms with van der Waals surface area (Å²) in [4.78, 5) is 44.6. The van der Waals surface area contributed by atoms with Crippen LogP contribution in [0.25, 0.3) is 16.9 Å². The minimum Gasteiger partial charge on any atom is -0.548 e. The van der Waals surface area contributed by atoms with Crippen molar-refractivity contribution < 1.29 is 58.5 Å². The Bertz CT molecular complexity index is 1720. The van der Waals surface area contributed by atoms with E-state index in [2.05, 4.69) is 10.2 Å². The van der Waals surface area contributed by atoms with Crippen molar-refractivity contribution in [2.75, 3.05) is 48.5 Å². The largest absolute Gasteiger partial charge is 1.00 e. The minimum absolute atomic E-state index is 0. The van der Waals surface area contributed by atoms with Crippen molar-refractivity contribution in [3.05, 3.63) is 59.3 Å². The molecule has 3 aromatic rings. The summed E-state index contributed by atoms with van der Waals surface area (Å²) in [7, 11) is 8.97. The first kappa shape index (κ1) is 38.8. The first-order valence-corrected chi connectivity index (χ1v) is 17.8. The smallest absolute Gasteiger partial charge is 0.548 e. The number of hydrogen-bond acceptors (Lipinski definition) is 8. The van der Waals surface area contributed by atoms with Gasteiger partial charge in [0.05, 0.1) is 42.7 Å². The zero-order valence-corrected chi connectivity index (χ0v) is 33.3. The second kappa shape index (κ2) is 15.7. The monoisotopic (exact) mass is 707 g/mol. The number of carbonyl (C=O) groups is 3. The molecule has 4 saturated carbocycles. The summed E-state index contributed by atoms with van der Waals surface area (Å²) in [5.41, 5.74) is 1.85. The van der Waals surface area contributed by atoms with E-state index in [1.54, 1.807) is 35.9 Å². The van der Waals surface area contributed by atoms with Crippen LogP contribution < -0.4 is 49.5 Å². The molecule has 12 heteroatoms. The zero-order chi connectivity index (χ0) is 35.9. The Balaban J connectivity index is 0.00000504. The van der Waals surface area contributed by atoms with Crippen molar-refractivity contribution in [2.24, 2.45) is 23.7 Å². The van der Waals surface area contributed by atoms with Crippen LogP contribution in [0.4, 0.5) is 0 Å². The molecule has 0 aliphatic heterocycles. The average Bonchev–Trinajstić information content (AvgIpc) is 3.53. The Labute approximate surface area is 323 Å². The van der Waals surface area contributed by atoms with E-state index >= 15 is 0 Å². The number of carboxylic acid groups (broad SMARTS) is 1. The summed E-state index contributed by atoms with van der Waals surface area (Å²) in [5, 5.41) is 20.9. The third kappa shape index (κ3) is 7.32. The summed E-state index contributed by atoms with van der Waals surface area (Å²) >= 11 is 0.